The first-order valence-electron chi connectivity index (χ1n) is 13.7. The number of benzene rings is 2. The monoisotopic (exact) mass is 631 g/mol. The van der Waals surface area contributed by atoms with Crippen LogP contribution in [-0.4, -0.2) is 28.8 Å². The highest BCUT2D eigenvalue weighted by atomic mass is 79.9. The second kappa shape index (κ2) is 11.5. The molecule has 2 aromatic carbocycles. The van der Waals surface area contributed by atoms with E-state index >= 15 is 0 Å². The minimum atomic E-state index is -0.554. The second-order valence-corrected chi connectivity index (χ2v) is 14.4. The van der Waals surface area contributed by atoms with Crippen LogP contribution in [0.1, 0.15) is 70.4 Å². The zero-order chi connectivity index (χ0) is 27.8. The Morgan fingerprint density at radius 2 is 1.59 bits per heavy atom. The van der Waals surface area contributed by atoms with Gasteiger partial charge in [0.05, 0.1) is 0 Å². The summed E-state index contributed by atoms with van der Waals surface area (Å²) in [6.45, 7) is 5.85. The summed E-state index contributed by atoms with van der Waals surface area (Å²) < 4.78 is 7.13. The van der Waals surface area contributed by atoms with Crippen molar-refractivity contribution in [2.24, 2.45) is 22.9 Å². The predicted molar refractivity (Wildman–Crippen MR) is 162 cm³/mol. The molecular formula is C31H36BrCl2N3O2. The fourth-order valence-electron chi connectivity index (χ4n) is 7.17. The molecule has 39 heavy (non-hydrogen) atoms. The van der Waals surface area contributed by atoms with Gasteiger partial charge in [0, 0.05) is 21.8 Å². The molecule has 0 heterocycles. The largest absolute Gasteiger partial charge is 0.487 e. The van der Waals surface area contributed by atoms with E-state index in [2.05, 4.69) is 50.7 Å². The quantitative estimate of drug-likeness (QED) is 0.245. The normalized spacial score (nSPS) is 25.8. The molecule has 2 aromatic rings. The summed E-state index contributed by atoms with van der Waals surface area (Å²) in [7, 11) is 0. The number of hydrogen-bond donors (Lipinski definition) is 1. The van der Waals surface area contributed by atoms with Crippen molar-refractivity contribution in [3.63, 3.8) is 0 Å². The number of amides is 2. The molecule has 2 amide bonds. The molecule has 208 valence electrons. The third kappa shape index (κ3) is 6.66. The lowest BCUT2D eigenvalue weighted by molar-refractivity contribution is -0.00520. The van der Waals surface area contributed by atoms with Crippen LogP contribution in [0, 0.1) is 17.8 Å². The zero-order valence-corrected chi connectivity index (χ0v) is 25.8. The van der Waals surface area contributed by atoms with Gasteiger partial charge in [-0.2, -0.15) is 5.10 Å². The van der Waals surface area contributed by atoms with Gasteiger partial charge in [-0.05, 0) is 112 Å². The van der Waals surface area contributed by atoms with Gasteiger partial charge < -0.3 is 4.74 Å². The van der Waals surface area contributed by atoms with Crippen molar-refractivity contribution < 1.29 is 9.53 Å². The van der Waals surface area contributed by atoms with Crippen LogP contribution in [0.2, 0.25) is 0 Å². The Kier molecular flexibility index (Phi) is 8.38. The molecule has 5 nitrogen and oxygen atoms in total. The van der Waals surface area contributed by atoms with Gasteiger partial charge in [0.15, 0.2) is 0 Å². The molecule has 4 saturated carbocycles. The Morgan fingerprint density at radius 1 is 1.03 bits per heavy atom. The lowest BCUT2D eigenvalue weighted by Gasteiger charge is -2.57. The van der Waals surface area contributed by atoms with Crippen molar-refractivity contribution in [1.82, 2.24) is 10.3 Å². The molecule has 4 aliphatic rings. The van der Waals surface area contributed by atoms with E-state index in [0.29, 0.717) is 11.1 Å². The van der Waals surface area contributed by atoms with E-state index in [1.165, 1.54) is 55.2 Å². The van der Waals surface area contributed by atoms with Gasteiger partial charge >= 0.3 is 6.03 Å². The summed E-state index contributed by atoms with van der Waals surface area (Å²) in [6.07, 6.45) is 9.74. The number of halogens is 3. The maximum atomic E-state index is 13.0. The van der Waals surface area contributed by atoms with Crippen LogP contribution in [-0.2, 0) is 5.41 Å². The van der Waals surface area contributed by atoms with Crippen LogP contribution >= 0.6 is 39.1 Å². The summed E-state index contributed by atoms with van der Waals surface area (Å²) in [5.74, 6) is 3.53. The van der Waals surface area contributed by atoms with Crippen LogP contribution in [0.15, 0.2) is 68.8 Å². The Bertz CT molecular complexity index is 1210. The van der Waals surface area contributed by atoms with E-state index in [9.17, 15) is 4.79 Å². The molecule has 0 aliphatic heterocycles. The van der Waals surface area contributed by atoms with Crippen molar-refractivity contribution >= 4 is 50.9 Å². The molecular weight excluding hydrogens is 597 g/mol. The number of urea groups is 1. The van der Waals surface area contributed by atoms with E-state index in [1.54, 1.807) is 0 Å². The first-order chi connectivity index (χ1) is 18.5. The lowest BCUT2D eigenvalue weighted by Crippen LogP contribution is -2.48. The van der Waals surface area contributed by atoms with Crippen molar-refractivity contribution in [3.05, 3.63) is 74.8 Å². The molecule has 0 saturated heterocycles. The minimum Gasteiger partial charge on any atom is -0.487 e. The summed E-state index contributed by atoms with van der Waals surface area (Å²) in [4.78, 5) is 14.4. The Labute approximate surface area is 250 Å². The van der Waals surface area contributed by atoms with Crippen molar-refractivity contribution in [3.8, 4) is 5.75 Å². The topological polar surface area (TPSA) is 53.9 Å². The molecule has 6 rings (SSSR count). The van der Waals surface area contributed by atoms with Crippen molar-refractivity contribution in [2.75, 3.05) is 6.61 Å². The number of nitrogens with one attached hydrogen (secondary N) is 1. The fraction of sp³-hybridized carbons (Fsp3) is 0.484. The highest BCUT2D eigenvalue weighted by molar-refractivity contribution is 9.10. The first-order valence-corrected chi connectivity index (χ1v) is 15.2. The van der Waals surface area contributed by atoms with Gasteiger partial charge in [0.2, 0.25) is 0 Å². The maximum Gasteiger partial charge on any atom is 0.342 e. The molecule has 0 unspecified atom stereocenters. The Morgan fingerprint density at radius 3 is 2.10 bits per heavy atom. The zero-order valence-electron chi connectivity index (χ0n) is 22.7. The minimum absolute atomic E-state index is 0.0162. The molecule has 4 aliphatic carbocycles. The van der Waals surface area contributed by atoms with Gasteiger partial charge in [-0.15, -0.1) is 0 Å². The smallest absolute Gasteiger partial charge is 0.342 e. The van der Waals surface area contributed by atoms with Crippen LogP contribution in [0.4, 0.5) is 4.79 Å². The van der Waals surface area contributed by atoms with Crippen LogP contribution in [0.25, 0.3) is 0 Å². The second-order valence-electron chi connectivity index (χ2n) is 12.5. The molecule has 8 heteroatoms. The van der Waals surface area contributed by atoms with Crippen LogP contribution in [0.5, 0.6) is 5.75 Å². The number of hydrogen-bond acceptors (Lipinski definition) is 3. The summed E-state index contributed by atoms with van der Waals surface area (Å²) >= 11 is 15.2. The fourth-order valence-corrected chi connectivity index (χ4v) is 7.63. The van der Waals surface area contributed by atoms with Crippen LogP contribution in [0.3, 0.4) is 0 Å². The van der Waals surface area contributed by atoms with E-state index in [-0.39, 0.29) is 11.1 Å². The SMILES string of the molecule is CC(C)(C)N(C=C(Cl)Cl)C(=O)N/N=C(/COc1ccc(C23CC4CC(CC(C4)C2)C3)cc1)c1ccc(Br)cc1. The number of carbonyl (C=O) groups excluding carboxylic acids is 1. The molecule has 0 spiro atoms. The molecule has 4 bridgehead atoms. The molecule has 0 radical (unpaired) electrons. The predicted octanol–water partition coefficient (Wildman–Crippen LogP) is 8.79. The summed E-state index contributed by atoms with van der Waals surface area (Å²) in [5, 5.41) is 4.44. The van der Waals surface area contributed by atoms with Crippen LogP contribution < -0.4 is 10.2 Å². The highest BCUT2D eigenvalue weighted by Crippen LogP contribution is 2.60. The molecule has 4 fully saturated rings. The molecule has 0 aromatic heterocycles. The first kappa shape index (κ1) is 28.5. The summed E-state index contributed by atoms with van der Waals surface area (Å²) in [6, 6.07) is 16.0. The highest BCUT2D eigenvalue weighted by Gasteiger charge is 2.51. The third-order valence-corrected chi connectivity index (χ3v) is 9.24. The van der Waals surface area contributed by atoms with Gasteiger partial charge in [-0.25, -0.2) is 10.2 Å². The van der Waals surface area contributed by atoms with Gasteiger partial charge in [-0.3, -0.25) is 4.90 Å². The number of hydrazone groups is 1. The van der Waals surface area contributed by atoms with E-state index in [0.717, 1.165) is 33.5 Å². The van der Waals surface area contributed by atoms with Gasteiger partial charge in [0.1, 0.15) is 22.6 Å². The Hall–Kier alpha value is -2.02. The van der Waals surface area contributed by atoms with E-state index in [1.807, 2.05) is 45.0 Å². The molecule has 1 N–H and O–H groups in total. The van der Waals surface area contributed by atoms with Gasteiger partial charge in [0.25, 0.3) is 0 Å². The van der Waals surface area contributed by atoms with Crippen molar-refractivity contribution in [1.29, 1.82) is 0 Å². The summed E-state index contributed by atoms with van der Waals surface area (Å²) in [5.41, 5.74) is 5.36. The van der Waals surface area contributed by atoms with E-state index < -0.39 is 11.6 Å². The van der Waals surface area contributed by atoms with Gasteiger partial charge in [-0.1, -0.05) is 63.4 Å². The average Bonchev–Trinajstić information content (AvgIpc) is 2.86. The standard InChI is InChI=1S/C31H36BrCl2N3O2/c1-30(2,3)37(18-28(33)34)29(38)36-35-27(23-4-8-25(32)9-5-23)19-39-26-10-6-24(7-11-26)31-15-20-12-21(16-31)14-22(13-20)17-31/h4-11,18,20-22H,12-17,19H2,1-3H3,(H,36,38)/b35-27-. The number of carbonyl (C=O) groups is 1. The number of rotatable bonds is 7. The Balaban J connectivity index is 1.30. The lowest BCUT2D eigenvalue weighted by atomic mass is 9.48. The van der Waals surface area contributed by atoms with Crippen molar-refractivity contribution in [2.45, 2.75) is 70.3 Å². The molecule has 0 atom stereocenters. The number of nitrogens with zero attached hydrogens (tertiary/aromatic N) is 2. The average molecular weight is 633 g/mol. The van der Waals surface area contributed by atoms with E-state index in [4.69, 9.17) is 27.9 Å². The number of ether oxygens (including phenoxy) is 1. The third-order valence-electron chi connectivity index (χ3n) is 8.51. The maximum absolute atomic E-state index is 13.0.